The first-order valence-corrected chi connectivity index (χ1v) is 5.82. The topological polar surface area (TPSA) is 58.1 Å². The molecule has 0 saturated heterocycles. The first-order valence-electron chi connectivity index (χ1n) is 5.82. The molecule has 0 bridgehead atoms. The number of hydrogen-bond acceptors (Lipinski definition) is 3. The standard InChI is InChI=1S/C13H11FN4O/c14-10-3-1-2-4-11(10)17-13(19)18-6-9-5-15-8-16-12(9)7-18/h1-5,8H,6-7H2,(H,17,19). The van der Waals surface area contributed by atoms with Gasteiger partial charge in [0.2, 0.25) is 0 Å². The van der Waals surface area contributed by atoms with Crippen molar-refractivity contribution in [1.82, 2.24) is 14.9 Å². The van der Waals surface area contributed by atoms with E-state index in [2.05, 4.69) is 15.3 Å². The van der Waals surface area contributed by atoms with Gasteiger partial charge in [-0.1, -0.05) is 12.1 Å². The third-order valence-corrected chi connectivity index (χ3v) is 2.99. The maximum absolute atomic E-state index is 13.4. The first kappa shape index (κ1) is 11.6. The summed E-state index contributed by atoms with van der Waals surface area (Å²) in [5, 5.41) is 2.55. The Kier molecular flexibility index (Phi) is 2.83. The Bertz CT molecular complexity index is 607. The van der Waals surface area contributed by atoms with Crippen molar-refractivity contribution in [3.8, 4) is 0 Å². The number of urea groups is 1. The minimum atomic E-state index is -0.452. The zero-order valence-corrected chi connectivity index (χ0v) is 10.0. The third-order valence-electron chi connectivity index (χ3n) is 2.99. The number of anilines is 1. The Balaban J connectivity index is 1.72. The smallest absolute Gasteiger partial charge is 0.314 e. The predicted octanol–water partition coefficient (Wildman–Crippen LogP) is 2.16. The Morgan fingerprint density at radius 2 is 2.16 bits per heavy atom. The van der Waals surface area contributed by atoms with E-state index in [0.717, 1.165) is 11.3 Å². The van der Waals surface area contributed by atoms with Gasteiger partial charge in [0.1, 0.15) is 12.1 Å². The van der Waals surface area contributed by atoms with Gasteiger partial charge in [0.25, 0.3) is 0 Å². The molecule has 0 fully saturated rings. The van der Waals surface area contributed by atoms with E-state index < -0.39 is 5.82 Å². The largest absolute Gasteiger partial charge is 0.322 e. The highest BCUT2D eigenvalue weighted by molar-refractivity contribution is 5.89. The quantitative estimate of drug-likeness (QED) is 0.852. The Morgan fingerprint density at radius 3 is 2.95 bits per heavy atom. The molecule has 1 aliphatic rings. The van der Waals surface area contributed by atoms with Crippen LogP contribution < -0.4 is 5.32 Å². The van der Waals surface area contributed by atoms with E-state index in [1.807, 2.05) is 0 Å². The second-order valence-corrected chi connectivity index (χ2v) is 4.26. The van der Waals surface area contributed by atoms with Crippen molar-refractivity contribution in [2.24, 2.45) is 0 Å². The fourth-order valence-electron chi connectivity index (χ4n) is 2.00. The van der Waals surface area contributed by atoms with Crippen molar-refractivity contribution in [2.75, 3.05) is 5.32 Å². The number of benzene rings is 1. The van der Waals surface area contributed by atoms with Gasteiger partial charge in [0.05, 0.1) is 24.5 Å². The molecular weight excluding hydrogens is 247 g/mol. The van der Waals surface area contributed by atoms with Gasteiger partial charge in [-0.25, -0.2) is 19.2 Å². The maximum Gasteiger partial charge on any atom is 0.322 e. The molecule has 0 unspecified atom stereocenters. The number of hydrogen-bond donors (Lipinski definition) is 1. The van der Waals surface area contributed by atoms with Gasteiger partial charge in [-0.15, -0.1) is 0 Å². The molecule has 1 N–H and O–H groups in total. The van der Waals surface area contributed by atoms with E-state index in [1.165, 1.54) is 18.5 Å². The van der Waals surface area contributed by atoms with Crippen molar-refractivity contribution in [3.05, 3.63) is 53.9 Å². The fraction of sp³-hybridized carbons (Fsp3) is 0.154. The molecule has 6 heteroatoms. The molecule has 2 amide bonds. The van der Waals surface area contributed by atoms with E-state index in [4.69, 9.17) is 0 Å². The molecule has 0 radical (unpaired) electrons. The minimum Gasteiger partial charge on any atom is -0.314 e. The minimum absolute atomic E-state index is 0.176. The number of rotatable bonds is 1. The van der Waals surface area contributed by atoms with E-state index in [9.17, 15) is 9.18 Å². The third kappa shape index (κ3) is 2.24. The lowest BCUT2D eigenvalue weighted by atomic mass is 10.3. The van der Waals surface area contributed by atoms with Crippen LogP contribution in [0.3, 0.4) is 0 Å². The summed E-state index contributed by atoms with van der Waals surface area (Å²) in [6.07, 6.45) is 3.15. The summed E-state index contributed by atoms with van der Waals surface area (Å²) in [5.41, 5.74) is 1.93. The number of aromatic nitrogens is 2. The predicted molar refractivity (Wildman–Crippen MR) is 66.7 cm³/mol. The van der Waals surface area contributed by atoms with E-state index >= 15 is 0 Å². The van der Waals surface area contributed by atoms with Crippen LogP contribution in [0.4, 0.5) is 14.9 Å². The zero-order valence-electron chi connectivity index (χ0n) is 10.0. The number of carbonyl (C=O) groups excluding carboxylic acids is 1. The highest BCUT2D eigenvalue weighted by Gasteiger charge is 2.24. The first-order chi connectivity index (χ1) is 9.24. The Morgan fingerprint density at radius 1 is 1.32 bits per heavy atom. The molecule has 2 heterocycles. The van der Waals surface area contributed by atoms with Gasteiger partial charge >= 0.3 is 6.03 Å². The van der Waals surface area contributed by atoms with Crippen molar-refractivity contribution in [1.29, 1.82) is 0 Å². The van der Waals surface area contributed by atoms with Crippen molar-refractivity contribution in [3.63, 3.8) is 0 Å². The van der Waals surface area contributed by atoms with Gasteiger partial charge < -0.3 is 10.2 Å². The second kappa shape index (κ2) is 4.64. The average Bonchev–Trinajstić information content (AvgIpc) is 2.85. The van der Waals surface area contributed by atoms with E-state index in [-0.39, 0.29) is 11.7 Å². The van der Waals surface area contributed by atoms with Crippen LogP contribution >= 0.6 is 0 Å². The van der Waals surface area contributed by atoms with Crippen LogP contribution in [0.2, 0.25) is 0 Å². The molecule has 96 valence electrons. The number of nitrogens with zero attached hydrogens (tertiary/aromatic N) is 3. The number of fused-ring (bicyclic) bond motifs is 1. The Labute approximate surface area is 109 Å². The number of nitrogens with one attached hydrogen (secondary N) is 1. The van der Waals surface area contributed by atoms with Crippen LogP contribution in [0.5, 0.6) is 0 Å². The van der Waals surface area contributed by atoms with Crippen LogP contribution in [-0.4, -0.2) is 20.9 Å². The molecule has 0 aliphatic carbocycles. The summed E-state index contributed by atoms with van der Waals surface area (Å²) < 4.78 is 13.4. The second-order valence-electron chi connectivity index (χ2n) is 4.26. The number of carbonyl (C=O) groups is 1. The summed E-state index contributed by atoms with van der Waals surface area (Å²) in [6, 6.07) is 5.73. The maximum atomic E-state index is 13.4. The number of para-hydroxylation sites is 1. The van der Waals surface area contributed by atoms with Gasteiger partial charge in [-0.05, 0) is 12.1 Å². The molecule has 1 aromatic carbocycles. The summed E-state index contributed by atoms with van der Waals surface area (Å²) >= 11 is 0. The lowest BCUT2D eigenvalue weighted by molar-refractivity contribution is 0.212. The molecular formula is C13H11FN4O. The summed E-state index contributed by atoms with van der Waals surface area (Å²) in [7, 11) is 0. The van der Waals surface area contributed by atoms with Crippen molar-refractivity contribution < 1.29 is 9.18 Å². The van der Waals surface area contributed by atoms with Crippen LogP contribution in [0, 0.1) is 5.82 Å². The van der Waals surface area contributed by atoms with Crippen LogP contribution in [0.15, 0.2) is 36.8 Å². The monoisotopic (exact) mass is 258 g/mol. The molecule has 5 nitrogen and oxygen atoms in total. The molecule has 0 spiro atoms. The van der Waals surface area contributed by atoms with Crippen molar-refractivity contribution in [2.45, 2.75) is 13.1 Å². The number of halogens is 1. The summed E-state index contributed by atoms with van der Waals surface area (Å²) in [6.45, 7) is 0.856. The molecule has 1 aliphatic heterocycles. The lowest BCUT2D eigenvalue weighted by Crippen LogP contribution is -2.30. The van der Waals surface area contributed by atoms with Gasteiger partial charge in [0.15, 0.2) is 0 Å². The van der Waals surface area contributed by atoms with E-state index in [1.54, 1.807) is 23.2 Å². The zero-order chi connectivity index (χ0) is 13.2. The molecule has 0 atom stereocenters. The lowest BCUT2D eigenvalue weighted by Gasteiger charge is -2.16. The van der Waals surface area contributed by atoms with Gasteiger partial charge in [-0.3, -0.25) is 0 Å². The van der Waals surface area contributed by atoms with E-state index in [0.29, 0.717) is 13.1 Å². The molecule has 2 aromatic rings. The Hall–Kier alpha value is -2.50. The average molecular weight is 258 g/mol. The molecule has 3 rings (SSSR count). The highest BCUT2D eigenvalue weighted by Crippen LogP contribution is 2.21. The van der Waals surface area contributed by atoms with Crippen LogP contribution in [-0.2, 0) is 13.1 Å². The normalized spacial score (nSPS) is 13.2. The number of amides is 2. The van der Waals surface area contributed by atoms with Crippen LogP contribution in [0.1, 0.15) is 11.3 Å². The van der Waals surface area contributed by atoms with Gasteiger partial charge in [-0.2, -0.15) is 0 Å². The molecule has 19 heavy (non-hydrogen) atoms. The highest BCUT2D eigenvalue weighted by atomic mass is 19.1. The summed E-state index contributed by atoms with van der Waals surface area (Å²) in [4.78, 5) is 21.6. The fourth-order valence-corrected chi connectivity index (χ4v) is 2.00. The van der Waals surface area contributed by atoms with Crippen LogP contribution in [0.25, 0.3) is 0 Å². The SMILES string of the molecule is O=C(Nc1ccccc1F)N1Cc2cncnc2C1. The molecule has 1 aromatic heterocycles. The van der Waals surface area contributed by atoms with Gasteiger partial charge in [0, 0.05) is 11.8 Å². The molecule has 0 saturated carbocycles. The summed E-state index contributed by atoms with van der Waals surface area (Å²) in [5.74, 6) is -0.452. The van der Waals surface area contributed by atoms with Crippen molar-refractivity contribution >= 4 is 11.7 Å².